The summed E-state index contributed by atoms with van der Waals surface area (Å²) >= 11 is 0. The molecule has 6 heteroatoms. The van der Waals surface area contributed by atoms with Crippen LogP contribution < -0.4 is 5.32 Å². The van der Waals surface area contributed by atoms with E-state index >= 15 is 0 Å². The van der Waals surface area contributed by atoms with Gasteiger partial charge < -0.3 is 15.3 Å². The zero-order valence-corrected chi connectivity index (χ0v) is 12.6. The van der Waals surface area contributed by atoms with Crippen LogP contribution >= 0.6 is 0 Å². The largest absolute Gasteiger partial charge is 0.481 e. The number of carboxylic acid groups (broad SMARTS) is 1. The lowest BCUT2D eigenvalue weighted by Gasteiger charge is -2.38. The highest BCUT2D eigenvalue weighted by atomic mass is 16.4. The lowest BCUT2D eigenvalue weighted by molar-refractivity contribution is -0.140. The first kappa shape index (κ1) is 16.5. The van der Waals surface area contributed by atoms with Gasteiger partial charge in [0.15, 0.2) is 0 Å². The van der Waals surface area contributed by atoms with Gasteiger partial charge in [-0.25, -0.2) is 0 Å². The Morgan fingerprint density at radius 3 is 2.30 bits per heavy atom. The van der Waals surface area contributed by atoms with Crippen molar-refractivity contribution in [3.05, 3.63) is 0 Å². The number of hydrogen-bond donors (Lipinski definition) is 2. The summed E-state index contributed by atoms with van der Waals surface area (Å²) in [6.45, 7) is 7.83. The predicted octanol–water partition coefficient (Wildman–Crippen LogP) is 0.860. The second kappa shape index (κ2) is 6.24. The Morgan fingerprint density at radius 2 is 1.85 bits per heavy atom. The van der Waals surface area contributed by atoms with Crippen LogP contribution in [0.3, 0.4) is 0 Å². The molecule has 0 aromatic rings. The number of carbonyl (C=O) groups is 3. The lowest BCUT2D eigenvalue weighted by Crippen LogP contribution is -2.54. The molecule has 1 rings (SSSR count). The fourth-order valence-corrected chi connectivity index (χ4v) is 2.36. The highest BCUT2D eigenvalue weighted by Crippen LogP contribution is 2.22. The van der Waals surface area contributed by atoms with Gasteiger partial charge in [-0.3, -0.25) is 14.4 Å². The summed E-state index contributed by atoms with van der Waals surface area (Å²) in [6.07, 6.45) is 0.615. The molecule has 0 radical (unpaired) electrons. The molecular formula is C14H24N2O4. The van der Waals surface area contributed by atoms with Crippen molar-refractivity contribution in [2.75, 3.05) is 13.1 Å². The highest BCUT2D eigenvalue weighted by molar-refractivity contribution is 5.81. The lowest BCUT2D eigenvalue weighted by atomic mass is 9.89. The van der Waals surface area contributed by atoms with E-state index in [2.05, 4.69) is 5.32 Å². The summed E-state index contributed by atoms with van der Waals surface area (Å²) in [5.41, 5.74) is -0.499. The number of likely N-dealkylation sites (tertiary alicyclic amines) is 1. The van der Waals surface area contributed by atoms with E-state index in [1.54, 1.807) is 4.90 Å². The van der Waals surface area contributed by atoms with Crippen molar-refractivity contribution < 1.29 is 19.5 Å². The molecular weight excluding hydrogens is 260 g/mol. The van der Waals surface area contributed by atoms with Gasteiger partial charge >= 0.3 is 5.97 Å². The van der Waals surface area contributed by atoms with Gasteiger partial charge in [0.2, 0.25) is 11.8 Å². The number of rotatable bonds is 3. The highest BCUT2D eigenvalue weighted by Gasteiger charge is 2.32. The molecule has 1 fully saturated rings. The number of nitrogens with zero attached hydrogens (tertiary/aromatic N) is 1. The summed E-state index contributed by atoms with van der Waals surface area (Å²) in [5.74, 6) is -1.16. The number of piperidine rings is 1. The van der Waals surface area contributed by atoms with Crippen LogP contribution in [0.4, 0.5) is 0 Å². The Morgan fingerprint density at radius 1 is 1.25 bits per heavy atom. The van der Waals surface area contributed by atoms with E-state index < -0.39 is 11.4 Å². The molecule has 1 aliphatic heterocycles. The van der Waals surface area contributed by atoms with Gasteiger partial charge in [-0.2, -0.15) is 0 Å². The van der Waals surface area contributed by atoms with Crippen LogP contribution in [0.1, 0.15) is 40.5 Å². The van der Waals surface area contributed by atoms with E-state index in [0.29, 0.717) is 19.5 Å². The van der Waals surface area contributed by atoms with Crippen molar-refractivity contribution in [1.29, 1.82) is 0 Å². The number of carbonyl (C=O) groups excluding carboxylic acids is 2. The van der Waals surface area contributed by atoms with Crippen LogP contribution in [0, 0.1) is 11.3 Å². The quantitative estimate of drug-likeness (QED) is 0.804. The fraction of sp³-hybridized carbons (Fsp3) is 0.786. The Labute approximate surface area is 119 Å². The number of hydrogen-bond acceptors (Lipinski definition) is 3. The van der Waals surface area contributed by atoms with Crippen molar-refractivity contribution in [3.63, 3.8) is 0 Å². The summed E-state index contributed by atoms with van der Waals surface area (Å²) in [6, 6.07) is -0.177. The standard InChI is InChI=1S/C14H24N2O4/c1-9(17)16-7-10(6-12(18)19)5-11(8-16)15-13(20)14(2,3)4/h10-11H,5-8H2,1-4H3,(H,15,20)(H,18,19). The Bertz CT molecular complexity index is 400. The summed E-state index contributed by atoms with van der Waals surface area (Å²) in [4.78, 5) is 36.0. The number of carboxylic acids is 1. The van der Waals surface area contributed by atoms with Gasteiger partial charge in [-0.05, 0) is 12.3 Å². The molecule has 2 N–H and O–H groups in total. The minimum atomic E-state index is -0.874. The molecule has 20 heavy (non-hydrogen) atoms. The summed E-state index contributed by atoms with van der Waals surface area (Å²) < 4.78 is 0. The molecule has 1 heterocycles. The van der Waals surface area contributed by atoms with Gasteiger partial charge in [-0.15, -0.1) is 0 Å². The normalized spacial score (nSPS) is 23.3. The van der Waals surface area contributed by atoms with E-state index in [9.17, 15) is 14.4 Å². The van der Waals surface area contributed by atoms with Crippen molar-refractivity contribution in [2.24, 2.45) is 11.3 Å². The Kier molecular flexibility index (Phi) is 5.14. The van der Waals surface area contributed by atoms with Crippen LogP contribution in [0.15, 0.2) is 0 Å². The van der Waals surface area contributed by atoms with E-state index in [-0.39, 0.29) is 30.2 Å². The maximum atomic E-state index is 12.0. The topological polar surface area (TPSA) is 86.7 Å². The first-order valence-corrected chi connectivity index (χ1v) is 6.88. The van der Waals surface area contributed by atoms with E-state index in [1.807, 2.05) is 20.8 Å². The smallest absolute Gasteiger partial charge is 0.303 e. The molecule has 2 amide bonds. The van der Waals surface area contributed by atoms with Crippen LogP contribution in [0.5, 0.6) is 0 Å². The Balaban J connectivity index is 2.72. The molecule has 0 aromatic carbocycles. The third-order valence-electron chi connectivity index (χ3n) is 3.46. The number of amides is 2. The van der Waals surface area contributed by atoms with Gasteiger partial charge in [0.1, 0.15) is 0 Å². The first-order chi connectivity index (χ1) is 9.09. The van der Waals surface area contributed by atoms with Crippen molar-refractivity contribution in [3.8, 4) is 0 Å². The maximum Gasteiger partial charge on any atom is 0.303 e. The van der Waals surface area contributed by atoms with Gasteiger partial charge in [0.25, 0.3) is 0 Å². The molecule has 114 valence electrons. The third-order valence-corrected chi connectivity index (χ3v) is 3.46. The molecule has 0 spiro atoms. The molecule has 6 nitrogen and oxygen atoms in total. The molecule has 1 saturated heterocycles. The average molecular weight is 284 g/mol. The Hall–Kier alpha value is -1.59. The SMILES string of the molecule is CC(=O)N1CC(CC(=O)O)CC(NC(=O)C(C)(C)C)C1. The zero-order chi connectivity index (χ0) is 15.5. The monoisotopic (exact) mass is 284 g/mol. The average Bonchev–Trinajstić information content (AvgIpc) is 2.26. The molecule has 2 atom stereocenters. The molecule has 0 aliphatic carbocycles. The molecule has 0 bridgehead atoms. The van der Waals surface area contributed by atoms with Crippen molar-refractivity contribution in [2.45, 2.75) is 46.6 Å². The molecule has 2 unspecified atom stereocenters. The molecule has 1 aliphatic rings. The fourth-order valence-electron chi connectivity index (χ4n) is 2.36. The molecule has 0 saturated carbocycles. The maximum absolute atomic E-state index is 12.0. The predicted molar refractivity (Wildman–Crippen MR) is 74.0 cm³/mol. The second-order valence-corrected chi connectivity index (χ2v) is 6.54. The summed E-state index contributed by atoms with van der Waals surface area (Å²) in [7, 11) is 0. The minimum Gasteiger partial charge on any atom is -0.481 e. The van der Waals surface area contributed by atoms with Crippen LogP contribution in [0.25, 0.3) is 0 Å². The van der Waals surface area contributed by atoms with Crippen LogP contribution in [-0.2, 0) is 14.4 Å². The third kappa shape index (κ3) is 4.83. The summed E-state index contributed by atoms with van der Waals surface area (Å²) in [5, 5.41) is 11.8. The van der Waals surface area contributed by atoms with E-state index in [0.717, 1.165) is 0 Å². The molecule has 0 aromatic heterocycles. The van der Waals surface area contributed by atoms with Crippen LogP contribution in [-0.4, -0.2) is 46.9 Å². The van der Waals surface area contributed by atoms with E-state index in [1.165, 1.54) is 6.92 Å². The van der Waals surface area contributed by atoms with Gasteiger partial charge in [0, 0.05) is 37.9 Å². The van der Waals surface area contributed by atoms with Crippen LogP contribution in [0.2, 0.25) is 0 Å². The minimum absolute atomic E-state index is 0.0195. The number of aliphatic carboxylic acids is 1. The van der Waals surface area contributed by atoms with Gasteiger partial charge in [0.05, 0.1) is 0 Å². The second-order valence-electron chi connectivity index (χ2n) is 6.54. The van der Waals surface area contributed by atoms with Gasteiger partial charge in [-0.1, -0.05) is 20.8 Å². The van der Waals surface area contributed by atoms with Crippen molar-refractivity contribution in [1.82, 2.24) is 10.2 Å². The zero-order valence-electron chi connectivity index (χ0n) is 12.6. The van der Waals surface area contributed by atoms with Crippen molar-refractivity contribution >= 4 is 17.8 Å². The first-order valence-electron chi connectivity index (χ1n) is 6.88. The van der Waals surface area contributed by atoms with E-state index in [4.69, 9.17) is 5.11 Å². The number of nitrogens with one attached hydrogen (secondary N) is 1.